The second kappa shape index (κ2) is 7.79. The minimum Gasteiger partial charge on any atom is -0.484 e. The van der Waals surface area contributed by atoms with E-state index in [4.69, 9.17) is 14.0 Å². The highest BCUT2D eigenvalue weighted by atomic mass is 32.2. The molecule has 0 spiro atoms. The fraction of sp³-hybridized carbons (Fsp3) is 0.318. The quantitative estimate of drug-likeness (QED) is 0.535. The molecule has 12 heteroatoms. The van der Waals surface area contributed by atoms with Crippen LogP contribution in [0, 0.1) is 0 Å². The monoisotopic (exact) mass is 484 g/mol. The lowest BCUT2D eigenvalue weighted by atomic mass is 10.1. The van der Waals surface area contributed by atoms with Crippen molar-refractivity contribution in [2.45, 2.75) is 11.0 Å². The third kappa shape index (κ3) is 3.33. The Morgan fingerprint density at radius 1 is 1.06 bits per heavy atom. The van der Waals surface area contributed by atoms with Gasteiger partial charge in [0.15, 0.2) is 17.4 Å². The fourth-order valence-corrected chi connectivity index (χ4v) is 5.86. The Labute approximate surface area is 194 Å². The Kier molecular flexibility index (Phi) is 4.83. The molecule has 34 heavy (non-hydrogen) atoms. The van der Waals surface area contributed by atoms with Crippen LogP contribution in [0.5, 0.6) is 11.6 Å². The van der Waals surface area contributed by atoms with Gasteiger partial charge in [-0.05, 0) is 23.3 Å². The molecule has 0 fully saturated rings. The Hall–Kier alpha value is -3.48. The number of hydrogen-bond donors (Lipinski definition) is 1. The number of ether oxygens (including phenoxy) is 2. The highest BCUT2D eigenvalue weighted by molar-refractivity contribution is 7.89. The van der Waals surface area contributed by atoms with Crippen LogP contribution in [0.25, 0.3) is 11.0 Å². The molecule has 0 saturated carbocycles. The molecule has 5 heterocycles. The Bertz CT molecular complexity index is 1430. The first kappa shape index (κ1) is 21.1. The number of nitrogens with zero attached hydrogens (tertiary/aromatic N) is 4. The Morgan fingerprint density at radius 3 is 2.59 bits per heavy atom. The van der Waals surface area contributed by atoms with Gasteiger partial charge in [-0.15, -0.1) is 0 Å². The molecule has 0 saturated heterocycles. The van der Waals surface area contributed by atoms with E-state index in [1.54, 1.807) is 24.3 Å². The van der Waals surface area contributed by atoms with Gasteiger partial charge < -0.3 is 24.0 Å². The largest absolute Gasteiger partial charge is 0.484 e. The number of para-hydroxylation sites is 1. The van der Waals surface area contributed by atoms with Crippen LogP contribution in [0.4, 0.5) is 0 Å². The molecule has 1 amide bonds. The number of amides is 1. The van der Waals surface area contributed by atoms with Gasteiger partial charge in [-0.1, -0.05) is 17.3 Å². The highest BCUT2D eigenvalue weighted by Crippen LogP contribution is 2.35. The Balaban J connectivity index is 1.15. The molecule has 11 nitrogen and oxygen atoms in total. The molecule has 176 valence electrons. The summed E-state index contributed by atoms with van der Waals surface area (Å²) in [7, 11) is -3.81. The predicted molar refractivity (Wildman–Crippen MR) is 117 cm³/mol. The topological polar surface area (TPSA) is 135 Å². The van der Waals surface area contributed by atoms with Gasteiger partial charge in [-0.2, -0.15) is 4.31 Å². The first-order chi connectivity index (χ1) is 16.4. The first-order valence-corrected chi connectivity index (χ1v) is 12.1. The predicted octanol–water partition coefficient (Wildman–Crippen LogP) is 0.871. The van der Waals surface area contributed by atoms with Crippen LogP contribution in [-0.2, 0) is 14.8 Å². The van der Waals surface area contributed by atoms with Crippen molar-refractivity contribution in [3.05, 3.63) is 53.4 Å². The van der Waals surface area contributed by atoms with Crippen molar-refractivity contribution in [3.8, 4) is 11.6 Å². The number of aliphatic hydroxyl groups is 1. The maximum Gasteiger partial charge on any atom is 0.258 e. The van der Waals surface area contributed by atoms with Gasteiger partial charge >= 0.3 is 0 Å². The molecule has 3 aliphatic rings. The summed E-state index contributed by atoms with van der Waals surface area (Å²) in [5, 5.41) is 15.1. The van der Waals surface area contributed by atoms with Gasteiger partial charge in [0.1, 0.15) is 23.8 Å². The molecule has 1 atom stereocenters. The van der Waals surface area contributed by atoms with Gasteiger partial charge in [-0.25, -0.2) is 13.4 Å². The number of carbonyl (C=O) groups excluding carboxylic acids is 1. The third-order valence-electron chi connectivity index (χ3n) is 6.22. The van der Waals surface area contributed by atoms with Crippen LogP contribution < -0.4 is 9.47 Å². The number of hydrogen-bond acceptors (Lipinski definition) is 9. The number of pyridine rings is 1. The smallest absolute Gasteiger partial charge is 0.258 e. The van der Waals surface area contributed by atoms with Crippen LogP contribution in [0.3, 0.4) is 0 Å². The van der Waals surface area contributed by atoms with Crippen LogP contribution in [0.15, 0.2) is 57.1 Å². The lowest BCUT2D eigenvalue weighted by molar-refractivity contribution is -0.139. The van der Waals surface area contributed by atoms with Crippen molar-refractivity contribution in [2.24, 2.45) is 0 Å². The molecule has 1 N–H and O–H groups in total. The van der Waals surface area contributed by atoms with Crippen LogP contribution >= 0.6 is 0 Å². The number of carbonyl (C=O) groups is 1. The molecular weight excluding hydrogens is 464 g/mol. The van der Waals surface area contributed by atoms with E-state index >= 15 is 0 Å². The molecule has 1 unspecified atom stereocenters. The molecule has 3 aliphatic heterocycles. The molecule has 1 aromatic carbocycles. The van der Waals surface area contributed by atoms with Crippen molar-refractivity contribution in [2.75, 3.05) is 39.4 Å². The minimum atomic E-state index is -3.81. The van der Waals surface area contributed by atoms with E-state index in [2.05, 4.69) is 10.1 Å². The van der Waals surface area contributed by atoms with E-state index in [9.17, 15) is 18.3 Å². The highest BCUT2D eigenvalue weighted by Gasteiger charge is 2.40. The average molecular weight is 484 g/mol. The number of aromatic nitrogens is 2. The van der Waals surface area contributed by atoms with E-state index in [-0.39, 0.29) is 42.6 Å². The van der Waals surface area contributed by atoms with Crippen molar-refractivity contribution in [1.82, 2.24) is 19.3 Å². The molecule has 0 aliphatic carbocycles. The van der Waals surface area contributed by atoms with Crippen LogP contribution in [0.1, 0.15) is 11.8 Å². The van der Waals surface area contributed by atoms with Gasteiger partial charge in [0.2, 0.25) is 10.0 Å². The second-order valence-electron chi connectivity index (χ2n) is 8.31. The summed E-state index contributed by atoms with van der Waals surface area (Å²) in [6, 6.07) is 8.42. The summed E-state index contributed by atoms with van der Waals surface area (Å²) < 4.78 is 43.7. The van der Waals surface area contributed by atoms with Gasteiger partial charge in [0.05, 0.1) is 6.20 Å². The normalized spacial score (nSPS) is 19.0. The summed E-state index contributed by atoms with van der Waals surface area (Å²) in [6.07, 6.45) is -0.201. The van der Waals surface area contributed by atoms with Crippen molar-refractivity contribution < 1.29 is 32.3 Å². The maximum absolute atomic E-state index is 13.2. The minimum absolute atomic E-state index is 0.0270. The molecule has 0 radical (unpaired) electrons. The summed E-state index contributed by atoms with van der Waals surface area (Å²) in [5.74, 6) is 0.0805. The third-order valence-corrected chi connectivity index (χ3v) is 7.98. The molecule has 0 bridgehead atoms. The number of aliphatic hydroxyl groups excluding tert-OH is 1. The zero-order valence-corrected chi connectivity index (χ0v) is 18.7. The molecule has 2 aromatic heterocycles. The van der Waals surface area contributed by atoms with Crippen molar-refractivity contribution in [3.63, 3.8) is 0 Å². The standard InChI is InChI=1S/C22H20N4O7S/c27-20(19-16-3-1-2-4-17(16)33-24-19)22(28)25-9-13-11-26(12-14(13)10-25)34(29,30)15-7-18-21(23-8-15)32-6-5-31-18/h1-4,7-8,20,27H,5-6,9-12H2. The van der Waals surface area contributed by atoms with Gasteiger partial charge in [0, 0.05) is 37.6 Å². The maximum atomic E-state index is 13.2. The second-order valence-corrected chi connectivity index (χ2v) is 10.3. The Morgan fingerprint density at radius 2 is 1.79 bits per heavy atom. The number of rotatable bonds is 4. The van der Waals surface area contributed by atoms with Crippen molar-refractivity contribution >= 4 is 26.9 Å². The first-order valence-electron chi connectivity index (χ1n) is 10.7. The van der Waals surface area contributed by atoms with E-state index in [0.717, 1.165) is 11.1 Å². The number of fused-ring (bicyclic) bond motifs is 2. The zero-order chi connectivity index (χ0) is 23.4. The van der Waals surface area contributed by atoms with Crippen LogP contribution in [-0.4, -0.2) is 78.2 Å². The van der Waals surface area contributed by atoms with Gasteiger partial charge in [-0.3, -0.25) is 4.79 Å². The van der Waals surface area contributed by atoms with E-state index in [0.29, 0.717) is 29.9 Å². The van der Waals surface area contributed by atoms with Crippen molar-refractivity contribution in [1.29, 1.82) is 0 Å². The van der Waals surface area contributed by atoms with Gasteiger partial charge in [0.25, 0.3) is 11.8 Å². The summed E-state index contributed by atoms with van der Waals surface area (Å²) in [4.78, 5) is 18.6. The lowest BCUT2D eigenvalue weighted by Gasteiger charge is -2.24. The SMILES string of the molecule is O=C(C(O)c1noc2ccccc12)N1CC2=C(C1)CN(S(=O)(=O)c1cnc3c(c1)OCCO3)C2. The fourth-order valence-electron chi connectivity index (χ4n) is 4.47. The van der Waals surface area contributed by atoms with Crippen LogP contribution in [0.2, 0.25) is 0 Å². The van der Waals surface area contributed by atoms with E-state index < -0.39 is 22.0 Å². The molecular formula is C22H20N4O7S. The summed E-state index contributed by atoms with van der Waals surface area (Å²) in [6.45, 7) is 1.51. The zero-order valence-electron chi connectivity index (χ0n) is 17.9. The number of sulfonamides is 1. The molecule has 3 aromatic rings. The number of benzene rings is 1. The molecule has 6 rings (SSSR count). The van der Waals surface area contributed by atoms with E-state index in [1.165, 1.54) is 21.5 Å². The van der Waals surface area contributed by atoms with E-state index in [1.807, 2.05) is 0 Å². The summed E-state index contributed by atoms with van der Waals surface area (Å²) in [5.41, 5.74) is 2.35. The average Bonchev–Trinajstić information content (AvgIpc) is 3.56. The lowest BCUT2D eigenvalue weighted by Crippen LogP contribution is -2.38. The summed E-state index contributed by atoms with van der Waals surface area (Å²) >= 11 is 0.